The highest BCUT2D eigenvalue weighted by Crippen LogP contribution is 2.60. The number of fused-ring (bicyclic) bond motifs is 1. The van der Waals surface area contributed by atoms with E-state index < -0.39 is 46.7 Å². The van der Waals surface area contributed by atoms with E-state index in [-0.39, 0.29) is 5.92 Å². The number of amides is 2. The van der Waals surface area contributed by atoms with Crippen molar-refractivity contribution in [1.29, 1.82) is 0 Å². The van der Waals surface area contributed by atoms with E-state index in [0.29, 0.717) is 13.0 Å². The van der Waals surface area contributed by atoms with Crippen LogP contribution >= 0.6 is 0 Å². The summed E-state index contributed by atoms with van der Waals surface area (Å²) in [4.78, 5) is 35.7. The first-order chi connectivity index (χ1) is 10.3. The zero-order chi connectivity index (χ0) is 17.8. The predicted octanol–water partition coefficient (Wildman–Crippen LogP) is 0.112. The van der Waals surface area contributed by atoms with Crippen LogP contribution in [0.4, 0.5) is 13.2 Å². The number of hydrogen-bond acceptors (Lipinski definition) is 4. The number of ketones is 1. The number of primary amides is 1. The molecule has 1 aliphatic heterocycles. The van der Waals surface area contributed by atoms with Crippen LogP contribution in [0, 0.1) is 16.7 Å². The van der Waals surface area contributed by atoms with Gasteiger partial charge in [0.25, 0.3) is 0 Å². The number of carbonyl (C=O) groups excluding carboxylic acids is 3. The van der Waals surface area contributed by atoms with Crippen molar-refractivity contribution >= 4 is 17.6 Å². The highest BCUT2D eigenvalue weighted by Gasteiger charge is 2.70. The van der Waals surface area contributed by atoms with Crippen molar-refractivity contribution in [3.8, 4) is 0 Å². The van der Waals surface area contributed by atoms with Gasteiger partial charge in [0.15, 0.2) is 5.78 Å². The van der Waals surface area contributed by atoms with Crippen molar-refractivity contribution in [2.24, 2.45) is 22.5 Å². The highest BCUT2D eigenvalue weighted by atomic mass is 19.4. The monoisotopic (exact) mass is 335 g/mol. The van der Waals surface area contributed by atoms with Crippen molar-refractivity contribution < 1.29 is 27.6 Å². The van der Waals surface area contributed by atoms with Gasteiger partial charge in [-0.15, -0.1) is 0 Å². The molecule has 2 aliphatic rings. The Balaban J connectivity index is 2.29. The van der Waals surface area contributed by atoms with Gasteiger partial charge in [-0.25, -0.2) is 0 Å². The number of alkyl halides is 3. The first kappa shape index (κ1) is 17.7. The Morgan fingerprint density at radius 2 is 1.83 bits per heavy atom. The minimum atomic E-state index is -5.08. The van der Waals surface area contributed by atoms with Gasteiger partial charge in [0, 0.05) is 0 Å². The molecule has 0 aromatic heterocycles. The molecule has 0 aromatic rings. The van der Waals surface area contributed by atoms with Gasteiger partial charge in [-0.1, -0.05) is 20.8 Å². The van der Waals surface area contributed by atoms with Crippen LogP contribution in [0.2, 0.25) is 0 Å². The molecule has 1 heterocycles. The predicted molar refractivity (Wildman–Crippen MR) is 74.0 cm³/mol. The number of piperidine rings is 1. The van der Waals surface area contributed by atoms with Crippen molar-refractivity contribution in [2.75, 3.05) is 6.54 Å². The van der Waals surface area contributed by atoms with Gasteiger partial charge in [0.05, 0.1) is 17.5 Å². The quantitative estimate of drug-likeness (QED) is 0.679. The normalized spacial score (nSPS) is 31.2. The molecule has 2 amide bonds. The summed E-state index contributed by atoms with van der Waals surface area (Å²) in [7, 11) is 0. The summed E-state index contributed by atoms with van der Waals surface area (Å²) >= 11 is 0. The van der Waals surface area contributed by atoms with E-state index in [9.17, 15) is 27.6 Å². The lowest BCUT2D eigenvalue weighted by Gasteiger charge is -2.34. The molecule has 2 fully saturated rings. The third-order valence-electron chi connectivity index (χ3n) is 4.64. The molecule has 9 heteroatoms. The van der Waals surface area contributed by atoms with Crippen LogP contribution in [0.25, 0.3) is 0 Å². The first-order valence-corrected chi connectivity index (χ1v) is 7.26. The van der Waals surface area contributed by atoms with E-state index in [4.69, 9.17) is 5.73 Å². The fourth-order valence-corrected chi connectivity index (χ4v) is 3.35. The Morgan fingerprint density at radius 1 is 1.26 bits per heavy atom. The fraction of sp³-hybridized carbons (Fsp3) is 0.786. The largest absolute Gasteiger partial charge is 0.471 e. The molecule has 0 aromatic carbocycles. The van der Waals surface area contributed by atoms with E-state index in [2.05, 4.69) is 5.32 Å². The number of carbonyl (C=O) groups is 3. The molecule has 2 rings (SSSR count). The summed E-state index contributed by atoms with van der Waals surface area (Å²) < 4.78 is 37.6. The molecule has 1 saturated carbocycles. The smallest absolute Gasteiger partial charge is 0.368 e. The number of rotatable bonds is 4. The number of nitrogens with one attached hydrogen (secondary N) is 2. The van der Waals surface area contributed by atoms with Gasteiger partial charge in [-0.3, -0.25) is 14.4 Å². The van der Waals surface area contributed by atoms with E-state index >= 15 is 0 Å². The van der Waals surface area contributed by atoms with Crippen molar-refractivity contribution in [2.45, 2.75) is 45.5 Å². The lowest BCUT2D eigenvalue weighted by molar-refractivity contribution is -0.175. The molecule has 1 saturated heterocycles. The molecule has 0 radical (unpaired) electrons. The molecule has 3 unspecified atom stereocenters. The Bertz CT molecular complexity index is 556. The molecule has 4 atom stereocenters. The average Bonchev–Trinajstić information content (AvgIpc) is 2.98. The van der Waals surface area contributed by atoms with Crippen LogP contribution in [0.5, 0.6) is 0 Å². The maximum Gasteiger partial charge on any atom is 0.471 e. The summed E-state index contributed by atoms with van der Waals surface area (Å²) in [6.45, 7) is 5.08. The van der Waals surface area contributed by atoms with E-state index in [1.165, 1.54) is 0 Å². The SMILES string of the molecule is CC(C)(C)[C@H](NC(=O)C(F)(F)F)C(=O)C12CC1CNC2C(N)=O. The molecule has 0 bridgehead atoms. The summed E-state index contributed by atoms with van der Waals surface area (Å²) in [5.74, 6) is -3.59. The highest BCUT2D eigenvalue weighted by molar-refractivity contribution is 6.02. The van der Waals surface area contributed by atoms with Crippen molar-refractivity contribution in [3.63, 3.8) is 0 Å². The Labute approximate surface area is 131 Å². The molecular formula is C14H20F3N3O3. The second-order valence-electron chi connectivity index (χ2n) is 7.32. The van der Waals surface area contributed by atoms with Crippen LogP contribution in [0.3, 0.4) is 0 Å². The molecular weight excluding hydrogens is 315 g/mol. The van der Waals surface area contributed by atoms with Crippen LogP contribution < -0.4 is 16.4 Å². The lowest BCUT2D eigenvalue weighted by Crippen LogP contribution is -2.58. The van der Waals surface area contributed by atoms with Crippen molar-refractivity contribution in [3.05, 3.63) is 0 Å². The van der Waals surface area contributed by atoms with Crippen molar-refractivity contribution in [1.82, 2.24) is 10.6 Å². The summed E-state index contributed by atoms with van der Waals surface area (Å²) in [5, 5.41) is 4.63. The van der Waals surface area contributed by atoms with Gasteiger partial charge in [0.1, 0.15) is 0 Å². The summed E-state index contributed by atoms with van der Waals surface area (Å²) in [6.07, 6.45) is -4.69. The van der Waals surface area contributed by atoms with E-state index in [1.807, 2.05) is 0 Å². The van der Waals surface area contributed by atoms with Crippen LogP contribution in [0.1, 0.15) is 27.2 Å². The zero-order valence-corrected chi connectivity index (χ0v) is 13.1. The molecule has 130 valence electrons. The maximum atomic E-state index is 12.9. The number of hydrogen-bond donors (Lipinski definition) is 3. The Hall–Kier alpha value is -1.64. The fourth-order valence-electron chi connectivity index (χ4n) is 3.35. The second kappa shape index (κ2) is 5.19. The standard InChI is InChI=1S/C14H20F3N3O3/c1-12(2,3)7(20-11(23)14(15,16)17)9(21)13-4-6(13)5-19-8(13)10(18)22/h6-8,19H,4-5H2,1-3H3,(H2,18,22)(H,20,23)/t6?,7-,8?,13?/m1/s1. The van der Waals surface area contributed by atoms with Gasteiger partial charge < -0.3 is 16.4 Å². The summed E-state index contributed by atoms with van der Waals surface area (Å²) in [6, 6.07) is -2.27. The first-order valence-electron chi connectivity index (χ1n) is 7.26. The zero-order valence-electron chi connectivity index (χ0n) is 13.1. The van der Waals surface area contributed by atoms with E-state index in [0.717, 1.165) is 0 Å². The van der Waals surface area contributed by atoms with Crippen LogP contribution in [-0.2, 0) is 14.4 Å². The van der Waals surface area contributed by atoms with Crippen LogP contribution in [-0.4, -0.2) is 42.4 Å². The van der Waals surface area contributed by atoms with Gasteiger partial charge in [-0.05, 0) is 24.3 Å². The minimum absolute atomic E-state index is 0.139. The second-order valence-corrected chi connectivity index (χ2v) is 7.32. The number of halogens is 3. The topological polar surface area (TPSA) is 101 Å². The molecule has 1 aliphatic carbocycles. The van der Waals surface area contributed by atoms with Gasteiger partial charge >= 0.3 is 12.1 Å². The lowest BCUT2D eigenvalue weighted by atomic mass is 9.76. The minimum Gasteiger partial charge on any atom is -0.368 e. The van der Waals surface area contributed by atoms with Gasteiger partial charge in [-0.2, -0.15) is 13.2 Å². The number of nitrogens with two attached hydrogens (primary N) is 1. The Morgan fingerprint density at radius 3 is 2.22 bits per heavy atom. The van der Waals surface area contributed by atoms with E-state index in [1.54, 1.807) is 26.1 Å². The molecule has 23 heavy (non-hydrogen) atoms. The molecule has 4 N–H and O–H groups in total. The third kappa shape index (κ3) is 2.93. The van der Waals surface area contributed by atoms with Crippen LogP contribution in [0.15, 0.2) is 0 Å². The summed E-state index contributed by atoms with van der Waals surface area (Å²) in [5.41, 5.74) is 3.25. The Kier molecular flexibility index (Phi) is 3.99. The third-order valence-corrected chi connectivity index (χ3v) is 4.64. The van der Waals surface area contributed by atoms with Gasteiger partial charge in [0.2, 0.25) is 5.91 Å². The molecule has 0 spiro atoms. The average molecular weight is 335 g/mol. The maximum absolute atomic E-state index is 12.9. The number of Topliss-reactive ketones (excluding diaryl/α,β-unsaturated/α-hetero) is 1. The molecule has 6 nitrogen and oxygen atoms in total.